The summed E-state index contributed by atoms with van der Waals surface area (Å²) in [7, 11) is 1.61. The van der Waals surface area contributed by atoms with Gasteiger partial charge in [-0.2, -0.15) is 5.10 Å². The molecule has 0 atom stereocenters. The highest BCUT2D eigenvalue weighted by Gasteiger charge is 2.29. The minimum atomic E-state index is -0.197. The van der Waals surface area contributed by atoms with E-state index in [9.17, 15) is 4.79 Å². The van der Waals surface area contributed by atoms with Crippen molar-refractivity contribution in [1.82, 2.24) is 9.78 Å². The van der Waals surface area contributed by atoms with E-state index in [0.29, 0.717) is 23.0 Å². The second-order valence-corrected chi connectivity index (χ2v) is 8.60. The van der Waals surface area contributed by atoms with Crippen LogP contribution >= 0.6 is 0 Å². The van der Waals surface area contributed by atoms with Crippen molar-refractivity contribution in [3.63, 3.8) is 0 Å². The van der Waals surface area contributed by atoms with E-state index in [1.165, 1.54) is 0 Å². The highest BCUT2D eigenvalue weighted by Crippen LogP contribution is 2.40. The van der Waals surface area contributed by atoms with Gasteiger partial charge < -0.3 is 10.1 Å². The molecule has 0 bridgehead atoms. The van der Waals surface area contributed by atoms with Crippen molar-refractivity contribution in [2.24, 2.45) is 0 Å². The molecule has 29 heavy (non-hydrogen) atoms. The molecule has 1 N–H and O–H groups in total. The van der Waals surface area contributed by atoms with Crippen LogP contribution < -0.4 is 10.1 Å². The lowest BCUT2D eigenvalue weighted by molar-refractivity contribution is 0.101. The number of nitrogens with one attached hydrogen (secondary N) is 1. The summed E-state index contributed by atoms with van der Waals surface area (Å²) in [6, 6.07) is 17.6. The standard InChI is InChI=1S/C24H27N3O2/c1-24(2,3)17-12-13-22(29-4)20(14-17)25-23(28)21-15-19(16-10-11-16)26-27(21)18-8-6-5-7-9-18/h5-9,12-16H,10-11H2,1-4H3,(H,25,28). The maximum absolute atomic E-state index is 13.3. The number of anilines is 1. The molecule has 1 fully saturated rings. The van der Waals surface area contributed by atoms with Crippen molar-refractivity contribution in [2.45, 2.75) is 44.9 Å². The summed E-state index contributed by atoms with van der Waals surface area (Å²) in [6.45, 7) is 6.44. The number of hydrogen-bond donors (Lipinski definition) is 1. The first-order valence-electron chi connectivity index (χ1n) is 10.0. The Bertz CT molecular complexity index is 1030. The number of methoxy groups -OCH3 is 1. The third-order valence-electron chi connectivity index (χ3n) is 5.27. The van der Waals surface area contributed by atoms with Crippen LogP contribution in [0.15, 0.2) is 54.6 Å². The fourth-order valence-corrected chi connectivity index (χ4v) is 3.36. The monoisotopic (exact) mass is 389 g/mol. The predicted molar refractivity (Wildman–Crippen MR) is 115 cm³/mol. The topological polar surface area (TPSA) is 56.1 Å². The Labute approximate surface area is 171 Å². The predicted octanol–water partition coefficient (Wildman–Crippen LogP) is 5.31. The summed E-state index contributed by atoms with van der Waals surface area (Å²) < 4.78 is 7.22. The number of nitrogens with zero attached hydrogens (tertiary/aromatic N) is 2. The van der Waals surface area contributed by atoms with E-state index in [1.54, 1.807) is 11.8 Å². The van der Waals surface area contributed by atoms with Gasteiger partial charge in [0.1, 0.15) is 11.4 Å². The summed E-state index contributed by atoms with van der Waals surface area (Å²) in [5.41, 5.74) is 4.15. The van der Waals surface area contributed by atoms with E-state index in [-0.39, 0.29) is 11.3 Å². The van der Waals surface area contributed by atoms with Crippen LogP contribution in [0.25, 0.3) is 5.69 Å². The lowest BCUT2D eigenvalue weighted by Crippen LogP contribution is -2.18. The van der Waals surface area contributed by atoms with Crippen LogP contribution in [-0.2, 0) is 5.41 Å². The number of ether oxygens (including phenoxy) is 1. The Morgan fingerprint density at radius 2 is 1.83 bits per heavy atom. The molecular formula is C24H27N3O2. The van der Waals surface area contributed by atoms with E-state index in [1.807, 2.05) is 54.6 Å². The van der Waals surface area contributed by atoms with Crippen molar-refractivity contribution in [1.29, 1.82) is 0 Å². The SMILES string of the molecule is COc1ccc(C(C)(C)C)cc1NC(=O)c1cc(C2CC2)nn1-c1ccccc1. The molecule has 3 aromatic rings. The Hall–Kier alpha value is -3.08. The molecule has 1 aliphatic rings. The first-order chi connectivity index (χ1) is 13.9. The van der Waals surface area contributed by atoms with E-state index in [0.717, 1.165) is 29.8 Å². The number of benzene rings is 2. The number of amides is 1. The van der Waals surface area contributed by atoms with Crippen molar-refractivity contribution in [3.05, 3.63) is 71.5 Å². The van der Waals surface area contributed by atoms with E-state index >= 15 is 0 Å². The number of carbonyl (C=O) groups excluding carboxylic acids is 1. The van der Waals surface area contributed by atoms with Crippen LogP contribution in [0.2, 0.25) is 0 Å². The third-order valence-corrected chi connectivity index (χ3v) is 5.27. The number of para-hydroxylation sites is 1. The molecule has 0 spiro atoms. The summed E-state index contributed by atoms with van der Waals surface area (Å²) in [5, 5.41) is 7.78. The summed E-state index contributed by atoms with van der Waals surface area (Å²) >= 11 is 0. The van der Waals surface area contributed by atoms with Gasteiger partial charge in [-0.1, -0.05) is 45.0 Å². The molecule has 1 amide bonds. The number of aromatic nitrogens is 2. The van der Waals surface area contributed by atoms with Gasteiger partial charge in [-0.05, 0) is 54.2 Å². The van der Waals surface area contributed by atoms with Gasteiger partial charge >= 0.3 is 0 Å². The first kappa shape index (κ1) is 19.2. The normalized spacial score (nSPS) is 13.9. The minimum Gasteiger partial charge on any atom is -0.495 e. The average Bonchev–Trinajstić information content (AvgIpc) is 3.46. The fourth-order valence-electron chi connectivity index (χ4n) is 3.36. The summed E-state index contributed by atoms with van der Waals surface area (Å²) in [4.78, 5) is 13.3. The van der Waals surface area contributed by atoms with Crippen LogP contribution in [0.4, 0.5) is 5.69 Å². The van der Waals surface area contributed by atoms with Gasteiger partial charge in [-0.3, -0.25) is 4.79 Å². The highest BCUT2D eigenvalue weighted by atomic mass is 16.5. The quantitative estimate of drug-likeness (QED) is 0.643. The zero-order chi connectivity index (χ0) is 20.6. The van der Waals surface area contributed by atoms with Crippen LogP contribution in [0.3, 0.4) is 0 Å². The van der Waals surface area contributed by atoms with E-state index < -0.39 is 0 Å². The van der Waals surface area contributed by atoms with Crippen LogP contribution in [0, 0.1) is 0 Å². The van der Waals surface area contributed by atoms with Gasteiger partial charge in [0.25, 0.3) is 5.91 Å². The van der Waals surface area contributed by atoms with Crippen molar-refractivity contribution in [3.8, 4) is 11.4 Å². The molecule has 0 unspecified atom stereocenters. The molecule has 0 radical (unpaired) electrons. The zero-order valence-corrected chi connectivity index (χ0v) is 17.4. The summed E-state index contributed by atoms with van der Waals surface area (Å²) in [5.74, 6) is 0.905. The number of rotatable bonds is 5. The van der Waals surface area contributed by atoms with Gasteiger partial charge in [0.05, 0.1) is 24.2 Å². The molecule has 1 saturated carbocycles. The van der Waals surface area contributed by atoms with Crippen molar-refractivity contribution in [2.75, 3.05) is 12.4 Å². The molecule has 150 valence electrons. The maximum Gasteiger partial charge on any atom is 0.274 e. The zero-order valence-electron chi connectivity index (χ0n) is 17.4. The Morgan fingerprint density at radius 3 is 2.45 bits per heavy atom. The molecule has 5 heteroatoms. The third kappa shape index (κ3) is 4.04. The maximum atomic E-state index is 13.3. The highest BCUT2D eigenvalue weighted by molar-refractivity contribution is 6.04. The molecule has 1 heterocycles. The minimum absolute atomic E-state index is 0.0310. The molecule has 0 aliphatic heterocycles. The number of hydrogen-bond acceptors (Lipinski definition) is 3. The lowest BCUT2D eigenvalue weighted by atomic mass is 9.87. The van der Waals surface area contributed by atoms with Gasteiger partial charge in [0, 0.05) is 5.92 Å². The van der Waals surface area contributed by atoms with Gasteiger partial charge in [-0.25, -0.2) is 4.68 Å². The molecule has 0 saturated heterocycles. The molecule has 1 aromatic heterocycles. The Kier molecular flexibility index (Phi) is 4.91. The fraction of sp³-hybridized carbons (Fsp3) is 0.333. The lowest BCUT2D eigenvalue weighted by Gasteiger charge is -2.21. The van der Waals surface area contributed by atoms with Crippen LogP contribution in [-0.4, -0.2) is 22.8 Å². The van der Waals surface area contributed by atoms with Crippen molar-refractivity contribution >= 4 is 11.6 Å². The Balaban J connectivity index is 1.71. The summed E-state index contributed by atoms with van der Waals surface area (Å²) in [6.07, 6.45) is 2.27. The average molecular weight is 389 g/mol. The first-order valence-corrected chi connectivity index (χ1v) is 10.0. The van der Waals surface area contributed by atoms with E-state index in [2.05, 4.69) is 26.1 Å². The number of carbonyl (C=O) groups is 1. The molecule has 4 rings (SSSR count). The molecule has 1 aliphatic carbocycles. The molecular weight excluding hydrogens is 362 g/mol. The van der Waals surface area contributed by atoms with Crippen LogP contribution in [0.1, 0.15) is 61.3 Å². The van der Waals surface area contributed by atoms with E-state index in [4.69, 9.17) is 9.84 Å². The van der Waals surface area contributed by atoms with Crippen LogP contribution in [0.5, 0.6) is 5.75 Å². The van der Waals surface area contributed by atoms with Gasteiger partial charge in [0.15, 0.2) is 0 Å². The molecule has 5 nitrogen and oxygen atoms in total. The van der Waals surface area contributed by atoms with Crippen molar-refractivity contribution < 1.29 is 9.53 Å². The second-order valence-electron chi connectivity index (χ2n) is 8.60. The Morgan fingerprint density at radius 1 is 1.10 bits per heavy atom. The van der Waals surface area contributed by atoms with Gasteiger partial charge in [-0.15, -0.1) is 0 Å². The largest absolute Gasteiger partial charge is 0.495 e. The second kappa shape index (κ2) is 7.39. The smallest absolute Gasteiger partial charge is 0.274 e. The molecule has 2 aromatic carbocycles. The van der Waals surface area contributed by atoms with Gasteiger partial charge in [0.2, 0.25) is 0 Å².